The predicted molar refractivity (Wildman–Crippen MR) is 79.9 cm³/mol. The normalized spacial score (nSPS) is 10.6. The molecule has 2 rings (SSSR count). The highest BCUT2D eigenvalue weighted by molar-refractivity contribution is 7.14. The van der Waals surface area contributed by atoms with E-state index in [0.717, 1.165) is 17.7 Å². The third-order valence-corrected chi connectivity index (χ3v) is 4.15. The molecule has 0 radical (unpaired) electrons. The number of amides is 1. The Morgan fingerprint density at radius 1 is 1.38 bits per heavy atom. The van der Waals surface area contributed by atoms with Gasteiger partial charge in [-0.3, -0.25) is 4.79 Å². The zero-order valence-electron chi connectivity index (χ0n) is 11.9. The van der Waals surface area contributed by atoms with Crippen LogP contribution in [0.3, 0.4) is 0 Å². The minimum Gasteiger partial charge on any atom is -0.475 e. The Hall–Kier alpha value is -2.08. The third kappa shape index (κ3) is 3.72. The summed E-state index contributed by atoms with van der Waals surface area (Å²) in [7, 11) is 0. The number of carbonyl (C=O) groups excluding carboxylic acids is 1. The molecule has 0 bridgehead atoms. The maximum absolute atomic E-state index is 12.1. The molecular weight excluding hydrogens is 290 g/mol. The standard InChI is InChI=1S/C15H17NO4S/c1-3-4-10-7-13(21-9(10)2)14(17)16-8-11-5-6-12(20-11)15(18)19/h5-7H,3-4,8H2,1-2H3,(H,16,17)(H,18,19). The summed E-state index contributed by atoms with van der Waals surface area (Å²) in [5, 5.41) is 11.5. The Labute approximate surface area is 126 Å². The highest BCUT2D eigenvalue weighted by Gasteiger charge is 2.13. The fourth-order valence-electron chi connectivity index (χ4n) is 1.99. The topological polar surface area (TPSA) is 79.5 Å². The van der Waals surface area contributed by atoms with Crippen molar-refractivity contribution in [2.24, 2.45) is 0 Å². The Morgan fingerprint density at radius 3 is 2.76 bits per heavy atom. The van der Waals surface area contributed by atoms with E-state index >= 15 is 0 Å². The van der Waals surface area contributed by atoms with Gasteiger partial charge in [0.2, 0.25) is 5.76 Å². The van der Waals surface area contributed by atoms with E-state index in [-0.39, 0.29) is 18.2 Å². The van der Waals surface area contributed by atoms with Gasteiger partial charge in [0.15, 0.2) is 0 Å². The van der Waals surface area contributed by atoms with Gasteiger partial charge in [-0.1, -0.05) is 13.3 Å². The van der Waals surface area contributed by atoms with Crippen molar-refractivity contribution in [3.8, 4) is 0 Å². The highest BCUT2D eigenvalue weighted by atomic mass is 32.1. The number of carboxylic acids is 1. The molecular formula is C15H17NO4S. The van der Waals surface area contributed by atoms with Gasteiger partial charge in [0.1, 0.15) is 5.76 Å². The predicted octanol–water partition coefficient (Wildman–Crippen LogP) is 3.23. The van der Waals surface area contributed by atoms with Crippen LogP contribution in [0.1, 0.15) is 49.8 Å². The summed E-state index contributed by atoms with van der Waals surface area (Å²) in [4.78, 5) is 24.6. The molecule has 2 aromatic heterocycles. The average Bonchev–Trinajstić information content (AvgIpc) is 3.04. The molecule has 2 N–H and O–H groups in total. The summed E-state index contributed by atoms with van der Waals surface area (Å²) in [6.45, 7) is 4.29. The zero-order chi connectivity index (χ0) is 15.4. The molecule has 2 aromatic rings. The quantitative estimate of drug-likeness (QED) is 0.858. The number of hydrogen-bond acceptors (Lipinski definition) is 4. The Kier molecular flexibility index (Phi) is 4.80. The lowest BCUT2D eigenvalue weighted by Crippen LogP contribution is -2.21. The van der Waals surface area contributed by atoms with Crippen molar-refractivity contribution in [2.45, 2.75) is 33.2 Å². The Bertz CT molecular complexity index is 656. The molecule has 0 saturated carbocycles. The second-order valence-corrected chi connectivity index (χ2v) is 5.95. The number of thiophene rings is 1. The van der Waals surface area contributed by atoms with Gasteiger partial charge in [0, 0.05) is 4.88 Å². The molecule has 0 fully saturated rings. The maximum Gasteiger partial charge on any atom is 0.371 e. The summed E-state index contributed by atoms with van der Waals surface area (Å²) in [6.07, 6.45) is 2.01. The summed E-state index contributed by atoms with van der Waals surface area (Å²) in [5.41, 5.74) is 1.21. The van der Waals surface area contributed by atoms with Gasteiger partial charge in [-0.15, -0.1) is 11.3 Å². The lowest BCUT2D eigenvalue weighted by Gasteiger charge is -2.00. The van der Waals surface area contributed by atoms with Gasteiger partial charge in [-0.25, -0.2) is 4.79 Å². The third-order valence-electron chi connectivity index (χ3n) is 3.06. The molecule has 112 valence electrons. The molecule has 0 atom stereocenters. The minimum absolute atomic E-state index is 0.128. The number of rotatable bonds is 6. The first-order valence-corrected chi connectivity index (χ1v) is 7.52. The van der Waals surface area contributed by atoms with Gasteiger partial charge < -0.3 is 14.8 Å². The van der Waals surface area contributed by atoms with Crippen LogP contribution in [0.15, 0.2) is 22.6 Å². The number of aromatic carboxylic acids is 1. The number of hydrogen-bond donors (Lipinski definition) is 2. The molecule has 0 spiro atoms. The molecule has 21 heavy (non-hydrogen) atoms. The summed E-state index contributed by atoms with van der Waals surface area (Å²) < 4.78 is 5.09. The number of nitrogens with one attached hydrogen (secondary N) is 1. The molecule has 0 saturated heterocycles. The Balaban J connectivity index is 1.97. The average molecular weight is 307 g/mol. The Morgan fingerprint density at radius 2 is 2.14 bits per heavy atom. The molecule has 0 aliphatic carbocycles. The summed E-state index contributed by atoms with van der Waals surface area (Å²) in [5.74, 6) is -0.997. The summed E-state index contributed by atoms with van der Waals surface area (Å²) >= 11 is 1.47. The smallest absolute Gasteiger partial charge is 0.371 e. The van der Waals surface area contributed by atoms with Crippen LogP contribution < -0.4 is 5.32 Å². The van der Waals surface area contributed by atoms with Crippen LogP contribution in [-0.4, -0.2) is 17.0 Å². The van der Waals surface area contributed by atoms with Crippen molar-refractivity contribution < 1.29 is 19.1 Å². The second-order valence-electron chi connectivity index (χ2n) is 4.70. The van der Waals surface area contributed by atoms with Crippen molar-refractivity contribution in [3.05, 3.63) is 45.0 Å². The van der Waals surface area contributed by atoms with E-state index in [4.69, 9.17) is 9.52 Å². The number of carbonyl (C=O) groups is 2. The van der Waals surface area contributed by atoms with Crippen LogP contribution in [0.5, 0.6) is 0 Å². The fraction of sp³-hybridized carbons (Fsp3) is 0.333. The van der Waals surface area contributed by atoms with E-state index in [0.29, 0.717) is 10.6 Å². The van der Waals surface area contributed by atoms with E-state index in [1.807, 2.05) is 13.0 Å². The van der Waals surface area contributed by atoms with E-state index in [9.17, 15) is 9.59 Å². The molecule has 0 unspecified atom stereocenters. The van der Waals surface area contributed by atoms with Crippen molar-refractivity contribution in [2.75, 3.05) is 0 Å². The van der Waals surface area contributed by atoms with Crippen LogP contribution in [0, 0.1) is 6.92 Å². The number of aryl methyl sites for hydroxylation is 2. The van der Waals surface area contributed by atoms with Gasteiger partial charge in [-0.2, -0.15) is 0 Å². The highest BCUT2D eigenvalue weighted by Crippen LogP contribution is 2.22. The van der Waals surface area contributed by atoms with Crippen molar-refractivity contribution >= 4 is 23.2 Å². The zero-order valence-corrected chi connectivity index (χ0v) is 12.8. The van der Waals surface area contributed by atoms with E-state index in [1.165, 1.54) is 23.0 Å². The van der Waals surface area contributed by atoms with Gasteiger partial charge in [0.25, 0.3) is 5.91 Å². The second kappa shape index (κ2) is 6.58. The minimum atomic E-state index is -1.12. The van der Waals surface area contributed by atoms with E-state index in [1.54, 1.807) is 6.07 Å². The lowest BCUT2D eigenvalue weighted by atomic mass is 10.1. The number of carboxylic acid groups (broad SMARTS) is 1. The van der Waals surface area contributed by atoms with Crippen LogP contribution >= 0.6 is 11.3 Å². The van der Waals surface area contributed by atoms with Crippen molar-refractivity contribution in [1.82, 2.24) is 5.32 Å². The van der Waals surface area contributed by atoms with Crippen LogP contribution in [0.25, 0.3) is 0 Å². The number of furan rings is 1. The van der Waals surface area contributed by atoms with Crippen molar-refractivity contribution in [3.63, 3.8) is 0 Å². The van der Waals surface area contributed by atoms with Gasteiger partial charge in [0.05, 0.1) is 11.4 Å². The van der Waals surface area contributed by atoms with Crippen molar-refractivity contribution in [1.29, 1.82) is 0 Å². The molecule has 0 aliphatic heterocycles. The molecule has 0 aliphatic rings. The molecule has 0 aromatic carbocycles. The van der Waals surface area contributed by atoms with E-state index < -0.39 is 5.97 Å². The molecule has 6 heteroatoms. The van der Waals surface area contributed by atoms with E-state index in [2.05, 4.69) is 12.2 Å². The summed E-state index contributed by atoms with van der Waals surface area (Å²) in [6, 6.07) is 4.84. The monoisotopic (exact) mass is 307 g/mol. The first kappa shape index (κ1) is 15.3. The van der Waals surface area contributed by atoms with Gasteiger partial charge in [-0.05, 0) is 37.1 Å². The molecule has 1 amide bonds. The van der Waals surface area contributed by atoms with Crippen LogP contribution in [0.2, 0.25) is 0 Å². The SMILES string of the molecule is CCCc1cc(C(=O)NCc2ccc(C(=O)O)o2)sc1C. The molecule has 5 nitrogen and oxygen atoms in total. The first-order valence-electron chi connectivity index (χ1n) is 6.70. The first-order chi connectivity index (χ1) is 10.0. The fourth-order valence-corrected chi connectivity index (χ4v) is 2.98. The van der Waals surface area contributed by atoms with Crippen LogP contribution in [0.4, 0.5) is 0 Å². The van der Waals surface area contributed by atoms with Crippen LogP contribution in [-0.2, 0) is 13.0 Å². The molecule has 2 heterocycles. The maximum atomic E-state index is 12.1. The van der Waals surface area contributed by atoms with Gasteiger partial charge >= 0.3 is 5.97 Å². The lowest BCUT2D eigenvalue weighted by molar-refractivity contribution is 0.0660. The largest absolute Gasteiger partial charge is 0.475 e.